The van der Waals surface area contributed by atoms with Crippen LogP contribution in [0.15, 0.2) is 18.2 Å². The molecule has 0 aliphatic heterocycles. The van der Waals surface area contributed by atoms with Crippen LogP contribution in [0.2, 0.25) is 10.0 Å². The van der Waals surface area contributed by atoms with Crippen molar-refractivity contribution >= 4 is 34.8 Å². The quantitative estimate of drug-likeness (QED) is 0.748. The van der Waals surface area contributed by atoms with E-state index in [1.165, 1.54) is 0 Å². The van der Waals surface area contributed by atoms with Crippen molar-refractivity contribution in [2.75, 3.05) is 6.54 Å². The Morgan fingerprint density at radius 1 is 1.24 bits per heavy atom. The molecule has 0 aliphatic carbocycles. The van der Waals surface area contributed by atoms with Gasteiger partial charge in [-0.2, -0.15) is 0 Å². The summed E-state index contributed by atoms with van der Waals surface area (Å²) < 4.78 is 0. The SMILES string of the molecule is CC(C)CC(Cl)CNCc1cc(Cl)ccc1Cl. The molecule has 1 N–H and O–H groups in total. The molecule has 0 bridgehead atoms. The lowest BCUT2D eigenvalue weighted by atomic mass is 10.1. The van der Waals surface area contributed by atoms with E-state index < -0.39 is 0 Å². The van der Waals surface area contributed by atoms with Gasteiger partial charge in [-0.1, -0.05) is 37.0 Å². The topological polar surface area (TPSA) is 12.0 Å². The van der Waals surface area contributed by atoms with Crippen molar-refractivity contribution in [3.05, 3.63) is 33.8 Å². The van der Waals surface area contributed by atoms with Gasteiger partial charge in [-0.25, -0.2) is 0 Å². The van der Waals surface area contributed by atoms with Crippen LogP contribution in [0.4, 0.5) is 0 Å². The highest BCUT2D eigenvalue weighted by atomic mass is 35.5. The van der Waals surface area contributed by atoms with Crippen LogP contribution in [-0.4, -0.2) is 11.9 Å². The van der Waals surface area contributed by atoms with E-state index in [0.717, 1.165) is 23.6 Å². The van der Waals surface area contributed by atoms with E-state index in [1.807, 2.05) is 12.1 Å². The van der Waals surface area contributed by atoms with Gasteiger partial charge in [0.05, 0.1) is 0 Å². The third-order valence-corrected chi connectivity index (χ3v) is 3.35. The summed E-state index contributed by atoms with van der Waals surface area (Å²) in [6, 6.07) is 5.48. The smallest absolute Gasteiger partial charge is 0.0463 e. The summed E-state index contributed by atoms with van der Waals surface area (Å²) in [5, 5.41) is 4.90. The summed E-state index contributed by atoms with van der Waals surface area (Å²) in [7, 11) is 0. The molecule has 0 amide bonds. The summed E-state index contributed by atoms with van der Waals surface area (Å²) in [6.07, 6.45) is 1.01. The lowest BCUT2D eigenvalue weighted by Gasteiger charge is -2.13. The Morgan fingerprint density at radius 2 is 1.94 bits per heavy atom. The third kappa shape index (κ3) is 5.96. The van der Waals surface area contributed by atoms with Gasteiger partial charge in [0.15, 0.2) is 0 Å². The van der Waals surface area contributed by atoms with Crippen LogP contribution in [-0.2, 0) is 6.54 Å². The molecule has 0 saturated carbocycles. The summed E-state index contributed by atoms with van der Waals surface area (Å²) in [5.74, 6) is 0.619. The molecule has 1 nitrogen and oxygen atoms in total. The largest absolute Gasteiger partial charge is 0.311 e. The van der Waals surface area contributed by atoms with Crippen LogP contribution in [0.5, 0.6) is 0 Å². The van der Waals surface area contributed by atoms with Gasteiger partial charge in [-0.05, 0) is 36.1 Å². The van der Waals surface area contributed by atoms with E-state index in [-0.39, 0.29) is 5.38 Å². The molecular weight excluding hydrogens is 277 g/mol. The van der Waals surface area contributed by atoms with Gasteiger partial charge >= 0.3 is 0 Å². The predicted octanol–water partition coefficient (Wildman–Crippen LogP) is 4.74. The molecule has 0 saturated heterocycles. The molecule has 0 spiro atoms. The van der Waals surface area contributed by atoms with E-state index >= 15 is 0 Å². The Labute approximate surface area is 118 Å². The summed E-state index contributed by atoms with van der Waals surface area (Å²) in [6.45, 7) is 5.82. The van der Waals surface area contributed by atoms with Crippen LogP contribution < -0.4 is 5.32 Å². The molecule has 96 valence electrons. The van der Waals surface area contributed by atoms with Crippen molar-refractivity contribution < 1.29 is 0 Å². The Bertz CT molecular complexity index is 353. The normalized spacial score (nSPS) is 13.1. The van der Waals surface area contributed by atoms with Gasteiger partial charge in [-0.3, -0.25) is 0 Å². The van der Waals surface area contributed by atoms with E-state index in [9.17, 15) is 0 Å². The average Bonchev–Trinajstić information content (AvgIpc) is 2.22. The minimum Gasteiger partial charge on any atom is -0.311 e. The number of rotatable bonds is 6. The Balaban J connectivity index is 2.38. The van der Waals surface area contributed by atoms with Crippen molar-refractivity contribution in [1.82, 2.24) is 5.32 Å². The van der Waals surface area contributed by atoms with Crippen molar-refractivity contribution in [2.24, 2.45) is 5.92 Å². The van der Waals surface area contributed by atoms with Crippen molar-refractivity contribution in [3.63, 3.8) is 0 Å². The van der Waals surface area contributed by atoms with Gasteiger partial charge in [0.1, 0.15) is 0 Å². The zero-order valence-electron chi connectivity index (χ0n) is 10.1. The highest BCUT2D eigenvalue weighted by Gasteiger charge is 2.07. The van der Waals surface area contributed by atoms with Crippen LogP contribution in [0, 0.1) is 5.92 Å². The standard InChI is InChI=1S/C13H18Cl3N/c1-9(2)5-12(15)8-17-7-10-6-11(14)3-4-13(10)16/h3-4,6,9,12,17H,5,7-8H2,1-2H3. The van der Waals surface area contributed by atoms with Crippen LogP contribution >= 0.6 is 34.8 Å². The average molecular weight is 295 g/mol. The number of hydrogen-bond donors (Lipinski definition) is 1. The molecule has 17 heavy (non-hydrogen) atoms. The van der Waals surface area contributed by atoms with Crippen LogP contribution in [0.1, 0.15) is 25.8 Å². The first kappa shape index (κ1) is 15.1. The van der Waals surface area contributed by atoms with E-state index in [4.69, 9.17) is 34.8 Å². The van der Waals surface area contributed by atoms with Crippen molar-refractivity contribution in [2.45, 2.75) is 32.2 Å². The lowest BCUT2D eigenvalue weighted by Crippen LogP contribution is -2.24. The third-order valence-electron chi connectivity index (χ3n) is 2.42. The second-order valence-electron chi connectivity index (χ2n) is 4.59. The number of halogens is 3. The molecule has 1 aromatic carbocycles. The maximum atomic E-state index is 6.19. The van der Waals surface area contributed by atoms with E-state index in [1.54, 1.807) is 6.07 Å². The number of nitrogens with one attached hydrogen (secondary N) is 1. The zero-order valence-corrected chi connectivity index (χ0v) is 12.4. The molecule has 1 atom stereocenters. The molecule has 0 heterocycles. The van der Waals surface area contributed by atoms with E-state index in [2.05, 4.69) is 19.2 Å². The Kier molecular flexibility index (Phi) is 6.65. The minimum absolute atomic E-state index is 0.160. The number of hydrogen-bond acceptors (Lipinski definition) is 1. The van der Waals surface area contributed by atoms with Gasteiger partial charge in [-0.15, -0.1) is 11.6 Å². The predicted molar refractivity (Wildman–Crippen MR) is 77.3 cm³/mol. The molecule has 0 aliphatic rings. The highest BCUT2D eigenvalue weighted by Crippen LogP contribution is 2.20. The van der Waals surface area contributed by atoms with Gasteiger partial charge < -0.3 is 5.32 Å². The molecule has 4 heteroatoms. The maximum absolute atomic E-state index is 6.19. The zero-order chi connectivity index (χ0) is 12.8. The number of benzene rings is 1. The fourth-order valence-corrected chi connectivity index (χ4v) is 2.48. The van der Waals surface area contributed by atoms with Crippen molar-refractivity contribution in [1.29, 1.82) is 0 Å². The number of alkyl halides is 1. The molecule has 0 radical (unpaired) electrons. The lowest BCUT2D eigenvalue weighted by molar-refractivity contribution is 0.533. The summed E-state index contributed by atoms with van der Waals surface area (Å²) >= 11 is 18.2. The highest BCUT2D eigenvalue weighted by molar-refractivity contribution is 6.33. The minimum atomic E-state index is 0.160. The first-order valence-corrected chi connectivity index (χ1v) is 6.97. The molecule has 0 aromatic heterocycles. The Morgan fingerprint density at radius 3 is 2.59 bits per heavy atom. The van der Waals surface area contributed by atoms with Gasteiger partial charge in [0, 0.05) is 28.5 Å². The van der Waals surface area contributed by atoms with Gasteiger partial charge in [0.2, 0.25) is 0 Å². The molecule has 1 rings (SSSR count). The molecule has 0 fully saturated rings. The van der Waals surface area contributed by atoms with Gasteiger partial charge in [0.25, 0.3) is 0 Å². The monoisotopic (exact) mass is 293 g/mol. The maximum Gasteiger partial charge on any atom is 0.0463 e. The summed E-state index contributed by atoms with van der Waals surface area (Å²) in [5.41, 5.74) is 1.01. The fourth-order valence-electron chi connectivity index (χ4n) is 1.64. The van der Waals surface area contributed by atoms with Crippen molar-refractivity contribution in [3.8, 4) is 0 Å². The second-order valence-corrected chi connectivity index (χ2v) is 6.05. The second kappa shape index (κ2) is 7.48. The fraction of sp³-hybridized carbons (Fsp3) is 0.538. The van der Waals surface area contributed by atoms with Crippen LogP contribution in [0.3, 0.4) is 0 Å². The Hall–Kier alpha value is 0.0500. The molecule has 1 unspecified atom stereocenters. The molecule has 1 aromatic rings. The van der Waals surface area contributed by atoms with Crippen LogP contribution in [0.25, 0.3) is 0 Å². The first-order chi connectivity index (χ1) is 7.99. The molecular formula is C13H18Cl3N. The van der Waals surface area contributed by atoms with E-state index in [0.29, 0.717) is 17.5 Å². The summed E-state index contributed by atoms with van der Waals surface area (Å²) in [4.78, 5) is 0. The first-order valence-electron chi connectivity index (χ1n) is 5.77.